The van der Waals surface area contributed by atoms with Gasteiger partial charge in [-0.1, -0.05) is 6.07 Å². The van der Waals surface area contributed by atoms with Crippen molar-refractivity contribution in [2.45, 2.75) is 6.54 Å². The van der Waals surface area contributed by atoms with E-state index in [0.717, 1.165) is 42.1 Å². The predicted octanol–water partition coefficient (Wildman–Crippen LogP) is 2.24. The van der Waals surface area contributed by atoms with Gasteiger partial charge < -0.3 is 23.5 Å². The molecular formula is C23H22N2O6. The molecule has 1 fully saturated rings. The predicted molar refractivity (Wildman–Crippen MR) is 112 cm³/mol. The van der Waals surface area contributed by atoms with Crippen LogP contribution in [0.2, 0.25) is 0 Å². The van der Waals surface area contributed by atoms with E-state index in [1.165, 1.54) is 6.07 Å². The Morgan fingerprint density at radius 2 is 1.74 bits per heavy atom. The maximum Gasteiger partial charge on any atom is 0.336 e. The van der Waals surface area contributed by atoms with Crippen molar-refractivity contribution in [3.63, 3.8) is 0 Å². The zero-order chi connectivity index (χ0) is 21.2. The number of piperazine rings is 1. The third kappa shape index (κ3) is 4.34. The second kappa shape index (κ2) is 8.31. The number of fused-ring (bicyclic) bond motifs is 2. The summed E-state index contributed by atoms with van der Waals surface area (Å²) in [4.78, 5) is 28.1. The van der Waals surface area contributed by atoms with Crippen molar-refractivity contribution in [3.05, 3.63) is 64.5 Å². The first-order chi connectivity index (χ1) is 15.1. The van der Waals surface area contributed by atoms with Crippen LogP contribution in [-0.2, 0) is 11.3 Å². The standard InChI is InChI=1S/C23H22N2O6/c26-22(14-28-18-4-2-17-3-6-23(27)31-20(17)12-18)25-9-7-24(8-10-25)13-16-1-5-19-21(11-16)30-15-29-19/h1-6,11-12H,7-10,13-15H2. The van der Waals surface area contributed by atoms with E-state index in [4.69, 9.17) is 18.6 Å². The summed E-state index contributed by atoms with van der Waals surface area (Å²) in [6.07, 6.45) is 0. The van der Waals surface area contributed by atoms with Gasteiger partial charge in [0.1, 0.15) is 11.3 Å². The highest BCUT2D eigenvalue weighted by Gasteiger charge is 2.22. The molecule has 0 atom stereocenters. The molecule has 160 valence electrons. The maximum atomic E-state index is 12.6. The van der Waals surface area contributed by atoms with E-state index in [9.17, 15) is 9.59 Å². The van der Waals surface area contributed by atoms with Gasteiger partial charge >= 0.3 is 5.63 Å². The molecule has 0 radical (unpaired) electrons. The van der Waals surface area contributed by atoms with Gasteiger partial charge in [0, 0.05) is 50.2 Å². The number of benzene rings is 2. The summed E-state index contributed by atoms with van der Waals surface area (Å²) < 4.78 is 21.6. The molecule has 1 saturated heterocycles. The van der Waals surface area contributed by atoms with Crippen molar-refractivity contribution in [2.75, 3.05) is 39.6 Å². The molecule has 0 spiro atoms. The third-order valence-electron chi connectivity index (χ3n) is 5.53. The first-order valence-electron chi connectivity index (χ1n) is 10.2. The fraction of sp³-hybridized carbons (Fsp3) is 0.304. The van der Waals surface area contributed by atoms with Crippen LogP contribution in [0.25, 0.3) is 11.0 Å². The molecule has 2 aliphatic heterocycles. The molecule has 2 aromatic carbocycles. The monoisotopic (exact) mass is 422 g/mol. The summed E-state index contributed by atoms with van der Waals surface area (Å²) in [5.74, 6) is 2.01. The number of amides is 1. The average Bonchev–Trinajstić information content (AvgIpc) is 3.25. The van der Waals surface area contributed by atoms with Crippen molar-refractivity contribution in [2.24, 2.45) is 0 Å². The quantitative estimate of drug-likeness (QED) is 0.584. The molecule has 1 aromatic heterocycles. The fourth-order valence-electron chi connectivity index (χ4n) is 3.82. The van der Waals surface area contributed by atoms with Crippen molar-refractivity contribution in [3.8, 4) is 17.2 Å². The van der Waals surface area contributed by atoms with Gasteiger partial charge in [-0.25, -0.2) is 4.79 Å². The summed E-state index contributed by atoms with van der Waals surface area (Å²) in [7, 11) is 0. The Hall–Kier alpha value is -3.52. The van der Waals surface area contributed by atoms with Gasteiger partial charge in [0.15, 0.2) is 18.1 Å². The minimum absolute atomic E-state index is 0.0509. The number of hydrogen-bond acceptors (Lipinski definition) is 7. The van der Waals surface area contributed by atoms with Gasteiger partial charge in [-0.15, -0.1) is 0 Å². The van der Waals surface area contributed by atoms with Gasteiger partial charge in [0.05, 0.1) is 0 Å². The lowest BCUT2D eigenvalue weighted by molar-refractivity contribution is -0.135. The lowest BCUT2D eigenvalue weighted by Crippen LogP contribution is -2.49. The Morgan fingerprint density at radius 1 is 0.935 bits per heavy atom. The van der Waals surface area contributed by atoms with E-state index in [1.807, 2.05) is 23.1 Å². The second-order valence-electron chi connectivity index (χ2n) is 7.59. The van der Waals surface area contributed by atoms with Crippen LogP contribution in [-0.4, -0.2) is 55.3 Å². The van der Waals surface area contributed by atoms with E-state index in [2.05, 4.69) is 4.90 Å². The topological polar surface area (TPSA) is 81.5 Å². The summed E-state index contributed by atoms with van der Waals surface area (Å²) in [6.45, 7) is 3.92. The fourth-order valence-corrected chi connectivity index (χ4v) is 3.82. The van der Waals surface area contributed by atoms with E-state index >= 15 is 0 Å². The van der Waals surface area contributed by atoms with Gasteiger partial charge in [-0.2, -0.15) is 0 Å². The molecule has 0 saturated carbocycles. The normalized spacial score (nSPS) is 15.9. The average molecular weight is 422 g/mol. The second-order valence-corrected chi connectivity index (χ2v) is 7.59. The summed E-state index contributed by atoms with van der Waals surface area (Å²) in [5.41, 5.74) is 1.18. The molecule has 3 heterocycles. The molecule has 2 aliphatic rings. The number of carbonyl (C=O) groups is 1. The minimum atomic E-state index is -0.417. The van der Waals surface area contributed by atoms with Gasteiger partial charge in [0.25, 0.3) is 5.91 Å². The maximum absolute atomic E-state index is 12.6. The molecule has 31 heavy (non-hydrogen) atoms. The molecule has 0 aliphatic carbocycles. The van der Waals surface area contributed by atoms with Crippen molar-refractivity contribution < 1.29 is 23.4 Å². The first kappa shape index (κ1) is 19.4. The van der Waals surface area contributed by atoms with Crippen LogP contribution in [0.5, 0.6) is 17.2 Å². The zero-order valence-corrected chi connectivity index (χ0v) is 16.9. The Morgan fingerprint density at radius 3 is 2.61 bits per heavy atom. The van der Waals surface area contributed by atoms with Crippen molar-refractivity contribution in [1.29, 1.82) is 0 Å². The van der Waals surface area contributed by atoms with E-state index in [-0.39, 0.29) is 19.3 Å². The lowest BCUT2D eigenvalue weighted by atomic mass is 10.1. The summed E-state index contributed by atoms with van der Waals surface area (Å²) >= 11 is 0. The van der Waals surface area contributed by atoms with Gasteiger partial charge in [0.2, 0.25) is 6.79 Å². The van der Waals surface area contributed by atoms with Crippen LogP contribution in [0, 0.1) is 0 Å². The molecule has 0 bridgehead atoms. The highest BCUT2D eigenvalue weighted by Crippen LogP contribution is 2.32. The van der Waals surface area contributed by atoms with Crippen LogP contribution in [0.4, 0.5) is 0 Å². The van der Waals surface area contributed by atoms with Crippen molar-refractivity contribution >= 4 is 16.9 Å². The molecule has 3 aromatic rings. The summed E-state index contributed by atoms with van der Waals surface area (Å²) in [6, 6.07) is 14.3. The smallest absolute Gasteiger partial charge is 0.336 e. The van der Waals surface area contributed by atoms with E-state index < -0.39 is 5.63 Å². The molecular weight excluding hydrogens is 400 g/mol. The Kier molecular flexibility index (Phi) is 5.21. The largest absolute Gasteiger partial charge is 0.484 e. The SMILES string of the molecule is O=C(COc1ccc2ccc(=O)oc2c1)N1CCN(Cc2ccc3c(c2)OCO3)CC1. The Labute approximate surface area is 178 Å². The number of hydrogen-bond donors (Lipinski definition) is 0. The number of rotatable bonds is 5. The first-order valence-corrected chi connectivity index (χ1v) is 10.2. The van der Waals surface area contributed by atoms with Crippen LogP contribution >= 0.6 is 0 Å². The zero-order valence-electron chi connectivity index (χ0n) is 16.9. The Balaban J connectivity index is 1.12. The highest BCUT2D eigenvalue weighted by molar-refractivity contribution is 5.79. The molecule has 1 amide bonds. The van der Waals surface area contributed by atoms with Crippen LogP contribution in [0.3, 0.4) is 0 Å². The van der Waals surface area contributed by atoms with Crippen LogP contribution in [0.1, 0.15) is 5.56 Å². The molecule has 0 unspecified atom stereocenters. The van der Waals surface area contributed by atoms with E-state index in [0.29, 0.717) is 24.4 Å². The van der Waals surface area contributed by atoms with Crippen molar-refractivity contribution in [1.82, 2.24) is 9.80 Å². The van der Waals surface area contributed by atoms with Gasteiger partial charge in [-0.05, 0) is 35.9 Å². The minimum Gasteiger partial charge on any atom is -0.484 e. The third-order valence-corrected chi connectivity index (χ3v) is 5.53. The molecule has 8 heteroatoms. The lowest BCUT2D eigenvalue weighted by Gasteiger charge is -2.34. The number of carbonyl (C=O) groups excluding carboxylic acids is 1. The molecule has 0 N–H and O–H groups in total. The van der Waals surface area contributed by atoms with Crippen LogP contribution in [0.15, 0.2) is 57.7 Å². The van der Waals surface area contributed by atoms with Crippen LogP contribution < -0.4 is 19.8 Å². The van der Waals surface area contributed by atoms with Gasteiger partial charge in [-0.3, -0.25) is 9.69 Å². The Bertz CT molecular complexity index is 1170. The number of nitrogens with zero attached hydrogens (tertiary/aromatic N) is 2. The molecule has 8 nitrogen and oxygen atoms in total. The summed E-state index contributed by atoms with van der Waals surface area (Å²) in [5, 5.41) is 0.803. The van der Waals surface area contributed by atoms with E-state index in [1.54, 1.807) is 24.3 Å². The highest BCUT2D eigenvalue weighted by atomic mass is 16.7. The molecule has 5 rings (SSSR count). The number of ether oxygens (including phenoxy) is 3.